The fraction of sp³-hybridized carbons (Fsp3) is 0.375. The van der Waals surface area contributed by atoms with Crippen molar-refractivity contribution in [2.24, 2.45) is 0 Å². The first-order chi connectivity index (χ1) is 9.63. The van der Waals surface area contributed by atoms with Crippen LogP contribution in [0.15, 0.2) is 24.3 Å². The SMILES string of the molecule is CCCc1nc(Cl)c(C)c(Nc2ccc(CC)cc2)n1. The first-order valence-electron chi connectivity index (χ1n) is 7.03. The van der Waals surface area contributed by atoms with Crippen molar-refractivity contribution in [1.29, 1.82) is 0 Å². The predicted octanol–water partition coefficient (Wildman–Crippen LogP) is 4.70. The van der Waals surface area contributed by atoms with Gasteiger partial charge in [-0.3, -0.25) is 0 Å². The van der Waals surface area contributed by atoms with E-state index in [1.54, 1.807) is 0 Å². The summed E-state index contributed by atoms with van der Waals surface area (Å²) in [6.45, 7) is 6.18. The van der Waals surface area contributed by atoms with E-state index in [9.17, 15) is 0 Å². The van der Waals surface area contributed by atoms with Crippen LogP contribution in [0.25, 0.3) is 0 Å². The lowest BCUT2D eigenvalue weighted by Crippen LogP contribution is -2.03. The zero-order valence-electron chi connectivity index (χ0n) is 12.2. The number of aromatic nitrogens is 2. The van der Waals surface area contributed by atoms with Gasteiger partial charge in [0.05, 0.1) is 0 Å². The van der Waals surface area contributed by atoms with Crippen molar-refractivity contribution in [2.75, 3.05) is 5.32 Å². The van der Waals surface area contributed by atoms with Crippen LogP contribution >= 0.6 is 11.6 Å². The maximum atomic E-state index is 6.18. The first kappa shape index (κ1) is 14.8. The number of hydrogen-bond acceptors (Lipinski definition) is 3. The van der Waals surface area contributed by atoms with Crippen molar-refractivity contribution in [3.05, 3.63) is 46.4 Å². The molecule has 0 atom stereocenters. The van der Waals surface area contributed by atoms with Crippen LogP contribution in [0.4, 0.5) is 11.5 Å². The molecule has 0 unspecified atom stereocenters. The molecule has 0 saturated carbocycles. The van der Waals surface area contributed by atoms with E-state index >= 15 is 0 Å². The second-order valence-corrected chi connectivity index (χ2v) is 5.19. The Balaban J connectivity index is 2.26. The Morgan fingerprint density at radius 2 is 1.80 bits per heavy atom. The third-order valence-electron chi connectivity index (χ3n) is 3.23. The Labute approximate surface area is 125 Å². The van der Waals surface area contributed by atoms with Crippen LogP contribution in [0.1, 0.15) is 37.2 Å². The summed E-state index contributed by atoms with van der Waals surface area (Å²) in [5, 5.41) is 3.85. The topological polar surface area (TPSA) is 37.8 Å². The molecular formula is C16H20ClN3. The summed E-state index contributed by atoms with van der Waals surface area (Å²) in [7, 11) is 0. The van der Waals surface area contributed by atoms with Gasteiger partial charge in [0.25, 0.3) is 0 Å². The smallest absolute Gasteiger partial charge is 0.138 e. The third-order valence-corrected chi connectivity index (χ3v) is 3.60. The summed E-state index contributed by atoms with van der Waals surface area (Å²) < 4.78 is 0. The van der Waals surface area contributed by atoms with Crippen LogP contribution < -0.4 is 5.32 Å². The Morgan fingerprint density at radius 1 is 1.10 bits per heavy atom. The van der Waals surface area contributed by atoms with Crippen LogP contribution in [-0.2, 0) is 12.8 Å². The average Bonchev–Trinajstić information content (AvgIpc) is 2.45. The minimum atomic E-state index is 0.524. The third kappa shape index (κ3) is 3.48. The van der Waals surface area contributed by atoms with E-state index in [-0.39, 0.29) is 0 Å². The molecule has 0 aliphatic heterocycles. The number of halogens is 1. The lowest BCUT2D eigenvalue weighted by atomic mass is 10.1. The first-order valence-corrected chi connectivity index (χ1v) is 7.40. The Morgan fingerprint density at radius 3 is 2.40 bits per heavy atom. The number of hydrogen-bond donors (Lipinski definition) is 1. The number of rotatable bonds is 5. The van der Waals surface area contributed by atoms with Gasteiger partial charge < -0.3 is 5.32 Å². The second-order valence-electron chi connectivity index (χ2n) is 4.83. The van der Waals surface area contributed by atoms with E-state index in [1.165, 1.54) is 5.56 Å². The zero-order chi connectivity index (χ0) is 14.5. The molecule has 1 aromatic carbocycles. The molecule has 0 aliphatic rings. The van der Waals surface area contributed by atoms with E-state index in [2.05, 4.69) is 53.4 Å². The molecular weight excluding hydrogens is 270 g/mol. The molecule has 0 spiro atoms. The normalized spacial score (nSPS) is 10.6. The van der Waals surface area contributed by atoms with E-state index in [0.717, 1.165) is 42.2 Å². The Kier molecular flexibility index (Phi) is 4.96. The van der Waals surface area contributed by atoms with Crippen LogP contribution in [-0.4, -0.2) is 9.97 Å². The second kappa shape index (κ2) is 6.71. The van der Waals surface area contributed by atoms with Gasteiger partial charge in [0.2, 0.25) is 0 Å². The summed E-state index contributed by atoms with van der Waals surface area (Å²) >= 11 is 6.18. The molecule has 1 aromatic heterocycles. The highest BCUT2D eigenvalue weighted by Gasteiger charge is 2.09. The molecule has 0 amide bonds. The number of benzene rings is 1. The molecule has 3 nitrogen and oxygen atoms in total. The maximum absolute atomic E-state index is 6.18. The van der Waals surface area contributed by atoms with E-state index < -0.39 is 0 Å². The number of aryl methyl sites for hydroxylation is 2. The van der Waals surface area contributed by atoms with Crippen LogP contribution in [0.3, 0.4) is 0 Å². The monoisotopic (exact) mass is 289 g/mol. The summed E-state index contributed by atoms with van der Waals surface area (Å²) in [5.41, 5.74) is 3.22. The van der Waals surface area contributed by atoms with Crippen molar-refractivity contribution < 1.29 is 0 Å². The fourth-order valence-corrected chi connectivity index (χ4v) is 2.14. The summed E-state index contributed by atoms with van der Waals surface area (Å²) in [6.07, 6.45) is 2.88. The number of anilines is 2. The van der Waals surface area contributed by atoms with Gasteiger partial charge in [-0.2, -0.15) is 0 Å². The number of nitrogens with one attached hydrogen (secondary N) is 1. The van der Waals surface area contributed by atoms with E-state index in [1.807, 2.05) is 6.92 Å². The molecule has 4 heteroatoms. The largest absolute Gasteiger partial charge is 0.340 e. The van der Waals surface area contributed by atoms with Gasteiger partial charge in [-0.25, -0.2) is 9.97 Å². The fourth-order valence-electron chi connectivity index (χ4n) is 1.95. The van der Waals surface area contributed by atoms with E-state index in [0.29, 0.717) is 5.15 Å². The van der Waals surface area contributed by atoms with Gasteiger partial charge in [-0.1, -0.05) is 37.6 Å². The Hall–Kier alpha value is -1.61. The quantitative estimate of drug-likeness (QED) is 0.811. The van der Waals surface area contributed by atoms with E-state index in [4.69, 9.17) is 11.6 Å². The molecule has 106 valence electrons. The maximum Gasteiger partial charge on any atom is 0.138 e. The highest BCUT2D eigenvalue weighted by Crippen LogP contribution is 2.24. The van der Waals surface area contributed by atoms with Crippen LogP contribution in [0.5, 0.6) is 0 Å². The molecule has 1 N–H and O–H groups in total. The van der Waals surface area contributed by atoms with Crippen molar-refractivity contribution in [1.82, 2.24) is 9.97 Å². The minimum Gasteiger partial charge on any atom is -0.340 e. The average molecular weight is 290 g/mol. The lowest BCUT2D eigenvalue weighted by molar-refractivity contribution is 0.833. The van der Waals surface area contributed by atoms with Gasteiger partial charge in [-0.15, -0.1) is 0 Å². The molecule has 2 aromatic rings. The molecule has 0 saturated heterocycles. The van der Waals surface area contributed by atoms with Gasteiger partial charge in [-0.05, 0) is 37.5 Å². The van der Waals surface area contributed by atoms with Crippen LogP contribution in [0, 0.1) is 6.92 Å². The van der Waals surface area contributed by atoms with Crippen molar-refractivity contribution in [2.45, 2.75) is 40.0 Å². The molecule has 0 fully saturated rings. The molecule has 0 radical (unpaired) electrons. The predicted molar refractivity (Wildman–Crippen MR) is 84.9 cm³/mol. The van der Waals surface area contributed by atoms with Crippen molar-refractivity contribution in [3.63, 3.8) is 0 Å². The number of nitrogens with zero attached hydrogens (tertiary/aromatic N) is 2. The molecule has 2 rings (SSSR count). The van der Waals surface area contributed by atoms with Gasteiger partial charge in [0.1, 0.15) is 16.8 Å². The zero-order valence-corrected chi connectivity index (χ0v) is 13.0. The van der Waals surface area contributed by atoms with Crippen molar-refractivity contribution >= 4 is 23.1 Å². The minimum absolute atomic E-state index is 0.524. The Bertz CT molecular complexity index is 579. The standard InChI is InChI=1S/C16H20ClN3/c1-4-6-14-19-15(17)11(3)16(20-14)18-13-9-7-12(5-2)8-10-13/h7-10H,4-6H2,1-3H3,(H,18,19,20). The molecule has 0 bridgehead atoms. The lowest BCUT2D eigenvalue weighted by Gasteiger charge is -2.11. The van der Waals surface area contributed by atoms with Crippen LogP contribution in [0.2, 0.25) is 5.15 Å². The summed E-state index contributed by atoms with van der Waals surface area (Å²) in [4.78, 5) is 8.86. The highest BCUT2D eigenvalue weighted by atomic mass is 35.5. The highest BCUT2D eigenvalue weighted by molar-refractivity contribution is 6.30. The summed E-state index contributed by atoms with van der Waals surface area (Å²) in [6, 6.07) is 8.36. The van der Waals surface area contributed by atoms with Gasteiger partial charge in [0, 0.05) is 17.7 Å². The van der Waals surface area contributed by atoms with Crippen molar-refractivity contribution in [3.8, 4) is 0 Å². The van der Waals surface area contributed by atoms with Gasteiger partial charge in [0.15, 0.2) is 0 Å². The molecule has 20 heavy (non-hydrogen) atoms. The molecule has 1 heterocycles. The van der Waals surface area contributed by atoms with Gasteiger partial charge >= 0.3 is 0 Å². The molecule has 0 aliphatic carbocycles. The summed E-state index contributed by atoms with van der Waals surface area (Å²) in [5.74, 6) is 1.58.